The van der Waals surface area contributed by atoms with Crippen molar-refractivity contribution in [2.45, 2.75) is 25.7 Å². The Hall–Kier alpha value is -0.820. The lowest BCUT2D eigenvalue weighted by molar-refractivity contribution is 0.730. The molecule has 0 spiro atoms. The van der Waals surface area contributed by atoms with Gasteiger partial charge in [-0.1, -0.05) is 29.8 Å². The summed E-state index contributed by atoms with van der Waals surface area (Å²) in [6, 6.07) is 8.03. The average molecular weight is 208 g/mol. The molecule has 1 aromatic rings. The summed E-state index contributed by atoms with van der Waals surface area (Å²) < 4.78 is 0. The third kappa shape index (κ3) is 2.36. The Kier molecular flexibility index (Phi) is 3.20. The van der Waals surface area contributed by atoms with Crippen LogP contribution in [0.1, 0.15) is 24.8 Å². The second-order valence-electron chi connectivity index (χ2n) is 3.67. The number of hydrogen-bond donors (Lipinski definition) is 0. The number of benzene rings is 1. The van der Waals surface area contributed by atoms with Gasteiger partial charge in [0.05, 0.1) is 0 Å². The Morgan fingerprint density at radius 2 is 2.07 bits per heavy atom. The van der Waals surface area contributed by atoms with E-state index in [0.29, 0.717) is 0 Å². The third-order valence-electron chi connectivity index (χ3n) is 2.56. The molecule has 2 heteroatoms. The second-order valence-corrected chi connectivity index (χ2v) is 4.08. The van der Waals surface area contributed by atoms with Crippen LogP contribution in [-0.2, 0) is 6.42 Å². The number of nitrogens with zero attached hydrogens (tertiary/aromatic N) is 1. The van der Waals surface area contributed by atoms with Gasteiger partial charge >= 0.3 is 0 Å². The first-order valence-corrected chi connectivity index (χ1v) is 5.49. The minimum Gasteiger partial charge on any atom is -0.294 e. The van der Waals surface area contributed by atoms with Crippen molar-refractivity contribution in [1.82, 2.24) is 0 Å². The Bertz CT molecular complexity index is 344. The van der Waals surface area contributed by atoms with Crippen LogP contribution in [0, 0.1) is 0 Å². The van der Waals surface area contributed by atoms with Gasteiger partial charge in [-0.05, 0) is 30.9 Å². The quantitative estimate of drug-likeness (QED) is 0.704. The molecule has 0 fully saturated rings. The summed E-state index contributed by atoms with van der Waals surface area (Å²) >= 11 is 6.09. The Labute approximate surface area is 89.8 Å². The summed E-state index contributed by atoms with van der Waals surface area (Å²) in [6.07, 6.45) is 4.60. The fourth-order valence-electron chi connectivity index (χ4n) is 1.76. The van der Waals surface area contributed by atoms with E-state index in [0.717, 1.165) is 24.4 Å². The fourth-order valence-corrected chi connectivity index (χ4v) is 1.97. The summed E-state index contributed by atoms with van der Waals surface area (Å²) in [5.41, 5.74) is 2.51. The molecule has 1 heterocycles. The lowest BCUT2D eigenvalue weighted by atomic mass is 10.0. The van der Waals surface area contributed by atoms with Crippen LogP contribution in [-0.4, -0.2) is 12.3 Å². The van der Waals surface area contributed by atoms with Gasteiger partial charge in [-0.25, -0.2) is 0 Å². The number of rotatable bonds is 2. The van der Waals surface area contributed by atoms with E-state index in [2.05, 4.69) is 11.1 Å². The summed E-state index contributed by atoms with van der Waals surface area (Å²) in [6.45, 7) is 1.000. The highest BCUT2D eigenvalue weighted by Gasteiger charge is 2.07. The molecule has 0 saturated heterocycles. The maximum Gasteiger partial charge on any atom is 0.0441 e. The average Bonchev–Trinajstić information content (AvgIpc) is 2.23. The Morgan fingerprint density at radius 3 is 2.79 bits per heavy atom. The lowest BCUT2D eigenvalue weighted by Crippen LogP contribution is -2.09. The third-order valence-corrected chi connectivity index (χ3v) is 2.93. The SMILES string of the molecule is Clc1ccccc1CC1=NCCCC1. The monoisotopic (exact) mass is 207 g/mol. The number of halogens is 1. The van der Waals surface area contributed by atoms with Crippen LogP contribution in [0.15, 0.2) is 29.3 Å². The van der Waals surface area contributed by atoms with E-state index in [1.165, 1.54) is 24.1 Å². The standard InChI is InChI=1S/C12H14ClN/c13-12-7-2-1-5-10(12)9-11-6-3-4-8-14-11/h1-2,5,7H,3-4,6,8-9H2. The predicted molar refractivity (Wildman–Crippen MR) is 61.3 cm³/mol. The van der Waals surface area contributed by atoms with Crippen molar-refractivity contribution < 1.29 is 0 Å². The molecule has 14 heavy (non-hydrogen) atoms. The molecule has 2 rings (SSSR count). The predicted octanol–water partition coefficient (Wildman–Crippen LogP) is 3.51. The molecule has 1 aliphatic heterocycles. The van der Waals surface area contributed by atoms with E-state index in [1.807, 2.05) is 18.2 Å². The minimum absolute atomic E-state index is 0.862. The number of hydrogen-bond acceptors (Lipinski definition) is 1. The maximum absolute atomic E-state index is 6.09. The van der Waals surface area contributed by atoms with E-state index in [9.17, 15) is 0 Å². The summed E-state index contributed by atoms with van der Waals surface area (Å²) in [5, 5.41) is 0.862. The largest absolute Gasteiger partial charge is 0.294 e. The molecule has 0 bridgehead atoms. The van der Waals surface area contributed by atoms with Gasteiger partial charge in [0, 0.05) is 23.7 Å². The zero-order valence-electron chi connectivity index (χ0n) is 8.17. The van der Waals surface area contributed by atoms with Gasteiger partial charge in [0.25, 0.3) is 0 Å². The minimum atomic E-state index is 0.862. The van der Waals surface area contributed by atoms with Crippen molar-refractivity contribution in [1.29, 1.82) is 0 Å². The molecule has 0 radical (unpaired) electrons. The fraction of sp³-hybridized carbons (Fsp3) is 0.417. The molecule has 0 aliphatic carbocycles. The summed E-state index contributed by atoms with van der Waals surface area (Å²) in [5.74, 6) is 0. The zero-order chi connectivity index (χ0) is 9.80. The van der Waals surface area contributed by atoms with Crippen LogP contribution < -0.4 is 0 Å². The first-order valence-electron chi connectivity index (χ1n) is 5.12. The topological polar surface area (TPSA) is 12.4 Å². The van der Waals surface area contributed by atoms with Crippen molar-refractivity contribution in [2.24, 2.45) is 4.99 Å². The highest BCUT2D eigenvalue weighted by atomic mass is 35.5. The van der Waals surface area contributed by atoms with Crippen LogP contribution in [0.25, 0.3) is 0 Å². The van der Waals surface area contributed by atoms with Gasteiger partial charge in [0.2, 0.25) is 0 Å². The van der Waals surface area contributed by atoms with Gasteiger partial charge in [0.1, 0.15) is 0 Å². The molecule has 0 unspecified atom stereocenters. The Morgan fingerprint density at radius 1 is 1.21 bits per heavy atom. The van der Waals surface area contributed by atoms with Crippen LogP contribution in [0.2, 0.25) is 5.02 Å². The molecule has 0 amide bonds. The van der Waals surface area contributed by atoms with Gasteiger partial charge in [-0.2, -0.15) is 0 Å². The molecule has 1 aromatic carbocycles. The zero-order valence-corrected chi connectivity index (χ0v) is 8.93. The normalized spacial score (nSPS) is 16.5. The van der Waals surface area contributed by atoms with Crippen molar-refractivity contribution >= 4 is 17.3 Å². The van der Waals surface area contributed by atoms with Crippen molar-refractivity contribution in [3.63, 3.8) is 0 Å². The molecule has 1 aliphatic rings. The molecular weight excluding hydrogens is 194 g/mol. The molecular formula is C12H14ClN. The number of aliphatic imine (C=N–C) groups is 1. The molecule has 1 nitrogen and oxygen atoms in total. The second kappa shape index (κ2) is 4.61. The van der Waals surface area contributed by atoms with Crippen LogP contribution in [0.3, 0.4) is 0 Å². The molecule has 0 aromatic heterocycles. The van der Waals surface area contributed by atoms with Gasteiger partial charge in [0.15, 0.2) is 0 Å². The Balaban J connectivity index is 2.10. The van der Waals surface area contributed by atoms with E-state index in [4.69, 9.17) is 11.6 Å². The molecule has 0 atom stereocenters. The molecule has 0 N–H and O–H groups in total. The van der Waals surface area contributed by atoms with Crippen LogP contribution >= 0.6 is 11.6 Å². The van der Waals surface area contributed by atoms with E-state index in [1.54, 1.807) is 0 Å². The smallest absolute Gasteiger partial charge is 0.0441 e. The maximum atomic E-state index is 6.09. The molecule has 74 valence electrons. The summed E-state index contributed by atoms with van der Waals surface area (Å²) in [4.78, 5) is 4.52. The van der Waals surface area contributed by atoms with Crippen LogP contribution in [0.4, 0.5) is 0 Å². The van der Waals surface area contributed by atoms with Gasteiger partial charge < -0.3 is 0 Å². The van der Waals surface area contributed by atoms with Gasteiger partial charge in [-0.3, -0.25) is 4.99 Å². The highest BCUT2D eigenvalue weighted by Crippen LogP contribution is 2.18. The van der Waals surface area contributed by atoms with Crippen molar-refractivity contribution in [2.75, 3.05) is 6.54 Å². The van der Waals surface area contributed by atoms with Crippen molar-refractivity contribution in [3.05, 3.63) is 34.9 Å². The van der Waals surface area contributed by atoms with Crippen molar-refractivity contribution in [3.8, 4) is 0 Å². The molecule has 0 saturated carbocycles. The van der Waals surface area contributed by atoms with Crippen LogP contribution in [0.5, 0.6) is 0 Å². The lowest BCUT2D eigenvalue weighted by Gasteiger charge is -2.12. The first-order chi connectivity index (χ1) is 6.86. The van der Waals surface area contributed by atoms with E-state index in [-0.39, 0.29) is 0 Å². The van der Waals surface area contributed by atoms with E-state index >= 15 is 0 Å². The summed E-state index contributed by atoms with van der Waals surface area (Å²) in [7, 11) is 0. The van der Waals surface area contributed by atoms with E-state index < -0.39 is 0 Å². The first kappa shape index (κ1) is 9.72. The van der Waals surface area contributed by atoms with Gasteiger partial charge in [-0.15, -0.1) is 0 Å². The highest BCUT2D eigenvalue weighted by molar-refractivity contribution is 6.31.